The minimum Gasteiger partial charge on any atom is -0.468 e. The molecule has 164 valence electrons. The molecule has 9 heteroatoms. The van der Waals surface area contributed by atoms with Crippen LogP contribution in [0.25, 0.3) is 6.08 Å². The van der Waals surface area contributed by atoms with Crippen LogP contribution < -0.4 is 0 Å². The number of aromatic nitrogens is 3. The molecule has 1 saturated heterocycles. The van der Waals surface area contributed by atoms with Gasteiger partial charge in [-0.15, -0.1) is 5.10 Å². The summed E-state index contributed by atoms with van der Waals surface area (Å²) in [6.45, 7) is 1.11. The second kappa shape index (κ2) is 9.32. The molecule has 0 N–H and O–H groups in total. The van der Waals surface area contributed by atoms with Crippen LogP contribution in [0.4, 0.5) is 4.39 Å². The van der Waals surface area contributed by atoms with Crippen molar-refractivity contribution in [2.24, 2.45) is 5.92 Å². The number of esters is 1. The predicted molar refractivity (Wildman–Crippen MR) is 116 cm³/mol. The zero-order chi connectivity index (χ0) is 22.0. The van der Waals surface area contributed by atoms with E-state index in [4.69, 9.17) is 12.6 Å². The van der Waals surface area contributed by atoms with Crippen molar-refractivity contribution < 1.29 is 18.7 Å². The van der Waals surface area contributed by atoms with Gasteiger partial charge in [0, 0.05) is 29.8 Å². The molecule has 2 aromatic rings. The number of thiol groups is 1. The van der Waals surface area contributed by atoms with Gasteiger partial charge in [-0.25, -0.2) is 9.07 Å². The van der Waals surface area contributed by atoms with E-state index in [2.05, 4.69) is 15.0 Å². The summed E-state index contributed by atoms with van der Waals surface area (Å²) in [5.74, 6) is -0.660. The van der Waals surface area contributed by atoms with Gasteiger partial charge in [0.25, 0.3) is 0 Å². The van der Waals surface area contributed by atoms with Crippen LogP contribution in [0.15, 0.2) is 36.0 Å². The summed E-state index contributed by atoms with van der Waals surface area (Å²) < 4.78 is 20.7. The van der Waals surface area contributed by atoms with Crippen LogP contribution in [0.1, 0.15) is 36.6 Å². The Kier molecular flexibility index (Phi) is 6.52. The molecule has 2 aliphatic rings. The zero-order valence-electron chi connectivity index (χ0n) is 17.3. The van der Waals surface area contributed by atoms with Gasteiger partial charge in [-0.3, -0.25) is 14.5 Å². The van der Waals surface area contributed by atoms with Crippen LogP contribution in [0, 0.1) is 11.7 Å². The molecule has 4 rings (SSSR count). The summed E-state index contributed by atoms with van der Waals surface area (Å²) >= 11 is 4.70. The highest BCUT2D eigenvalue weighted by atomic mass is 32.1. The Morgan fingerprint density at radius 3 is 2.81 bits per heavy atom. The smallest absolute Gasteiger partial charge is 0.327 e. The Morgan fingerprint density at radius 1 is 1.32 bits per heavy atom. The van der Waals surface area contributed by atoms with Crippen LogP contribution in [-0.4, -0.2) is 57.1 Å². The van der Waals surface area contributed by atoms with Gasteiger partial charge >= 0.3 is 5.97 Å². The lowest BCUT2D eigenvalue weighted by Gasteiger charge is -2.37. The predicted octanol–water partition coefficient (Wildman–Crippen LogP) is 2.70. The minimum atomic E-state index is -0.604. The highest BCUT2D eigenvalue weighted by Crippen LogP contribution is 2.39. The second-order valence-corrected chi connectivity index (χ2v) is 8.64. The maximum Gasteiger partial charge on any atom is 0.327 e. The van der Waals surface area contributed by atoms with Gasteiger partial charge in [0.2, 0.25) is 0 Å². The van der Waals surface area contributed by atoms with E-state index in [1.165, 1.54) is 17.9 Å². The number of ether oxygens (including phenoxy) is 1. The third-order valence-electron chi connectivity index (χ3n) is 5.73. The number of piperidine rings is 1. The molecular formula is C22H25FN4O3S. The SMILES string of the molecule is COC(=O)Cn1cc(/C=C2/CN(C(C(=O)C3CC3)c3ccccc3F)CCC2S)nn1. The van der Waals surface area contributed by atoms with E-state index in [0.29, 0.717) is 24.3 Å². The van der Waals surface area contributed by atoms with Crippen molar-refractivity contribution in [1.82, 2.24) is 19.9 Å². The standard InChI is InChI=1S/C22H25FN4O3S/c1-30-20(28)13-27-12-16(24-25-27)10-15-11-26(9-8-19(15)31)21(22(29)14-6-7-14)17-4-2-3-5-18(17)23/h2-5,10,12,14,19,21,31H,6-9,11,13H2,1H3/b15-10-. The van der Waals surface area contributed by atoms with Crippen LogP contribution >= 0.6 is 12.6 Å². The number of ketones is 1. The fourth-order valence-corrected chi connectivity index (χ4v) is 4.19. The number of methoxy groups -OCH3 is 1. The summed E-state index contributed by atoms with van der Waals surface area (Å²) in [7, 11) is 1.32. The van der Waals surface area contributed by atoms with E-state index in [1.807, 2.05) is 11.0 Å². The van der Waals surface area contributed by atoms with Crippen molar-refractivity contribution in [3.05, 3.63) is 53.1 Å². The van der Waals surface area contributed by atoms with Crippen LogP contribution in [0.2, 0.25) is 0 Å². The van der Waals surface area contributed by atoms with Gasteiger partial charge in [0.15, 0.2) is 5.78 Å². The van der Waals surface area contributed by atoms with E-state index in [-0.39, 0.29) is 29.3 Å². The van der Waals surface area contributed by atoms with E-state index in [1.54, 1.807) is 24.4 Å². The van der Waals surface area contributed by atoms with E-state index >= 15 is 0 Å². The molecule has 1 saturated carbocycles. The Hall–Kier alpha value is -2.52. The van der Waals surface area contributed by atoms with E-state index in [0.717, 1.165) is 24.8 Å². The van der Waals surface area contributed by atoms with Crippen molar-refractivity contribution in [2.45, 2.75) is 37.1 Å². The Labute approximate surface area is 185 Å². The molecule has 1 aromatic carbocycles. The number of benzene rings is 1. The summed E-state index contributed by atoms with van der Waals surface area (Å²) in [5, 5.41) is 8.04. The topological polar surface area (TPSA) is 77.3 Å². The molecule has 1 aromatic heterocycles. The molecule has 1 aliphatic carbocycles. The third-order valence-corrected chi connectivity index (χ3v) is 6.32. The lowest BCUT2D eigenvalue weighted by molar-refractivity contribution is -0.141. The first-order chi connectivity index (χ1) is 15.0. The minimum absolute atomic E-state index is 0.000644. The van der Waals surface area contributed by atoms with Crippen molar-refractivity contribution in [3.8, 4) is 0 Å². The Morgan fingerprint density at radius 2 is 2.10 bits per heavy atom. The Balaban J connectivity index is 1.58. The highest BCUT2D eigenvalue weighted by Gasteiger charge is 2.40. The second-order valence-electron chi connectivity index (χ2n) is 8.01. The molecule has 0 spiro atoms. The number of hydrogen-bond donors (Lipinski definition) is 1. The molecule has 0 radical (unpaired) electrons. The maximum atomic E-state index is 14.6. The first-order valence-electron chi connectivity index (χ1n) is 10.3. The van der Waals surface area contributed by atoms with Gasteiger partial charge in [-0.05, 0) is 37.0 Å². The van der Waals surface area contributed by atoms with E-state index in [9.17, 15) is 14.0 Å². The fraction of sp³-hybridized carbons (Fsp3) is 0.455. The molecule has 2 unspecified atom stereocenters. The number of rotatable bonds is 7. The van der Waals surface area contributed by atoms with Crippen LogP contribution in [0.3, 0.4) is 0 Å². The van der Waals surface area contributed by atoms with Crippen LogP contribution in [-0.2, 0) is 20.9 Å². The van der Waals surface area contributed by atoms with Gasteiger partial charge in [0.1, 0.15) is 18.1 Å². The van der Waals surface area contributed by atoms with Gasteiger partial charge in [-0.2, -0.15) is 12.6 Å². The summed E-state index contributed by atoms with van der Waals surface area (Å²) in [6.07, 6.45) is 6.02. The average Bonchev–Trinajstić information content (AvgIpc) is 3.53. The van der Waals surface area contributed by atoms with Gasteiger partial charge in [-0.1, -0.05) is 23.4 Å². The number of hydrogen-bond acceptors (Lipinski definition) is 7. The molecule has 31 heavy (non-hydrogen) atoms. The molecule has 2 atom stereocenters. The van der Waals surface area contributed by atoms with Crippen molar-refractivity contribution in [2.75, 3.05) is 20.2 Å². The van der Waals surface area contributed by atoms with Gasteiger partial charge in [0.05, 0.1) is 19.3 Å². The number of carbonyl (C=O) groups excluding carboxylic acids is 2. The van der Waals surface area contributed by atoms with Crippen molar-refractivity contribution >= 4 is 30.5 Å². The van der Waals surface area contributed by atoms with E-state index < -0.39 is 12.0 Å². The molecule has 1 aliphatic heterocycles. The molecular weight excluding hydrogens is 419 g/mol. The molecule has 0 amide bonds. The van der Waals surface area contributed by atoms with Gasteiger partial charge < -0.3 is 4.74 Å². The number of halogens is 1. The molecule has 2 fully saturated rings. The lowest BCUT2D eigenvalue weighted by Crippen LogP contribution is -2.42. The zero-order valence-corrected chi connectivity index (χ0v) is 18.2. The third kappa shape index (κ3) is 5.04. The average molecular weight is 445 g/mol. The summed E-state index contributed by atoms with van der Waals surface area (Å²) in [6, 6.07) is 5.92. The molecule has 0 bridgehead atoms. The quantitative estimate of drug-likeness (QED) is 0.523. The number of nitrogens with zero attached hydrogens (tertiary/aromatic N) is 4. The monoisotopic (exact) mass is 444 g/mol. The first-order valence-corrected chi connectivity index (χ1v) is 10.9. The first kappa shape index (κ1) is 21.7. The normalized spacial score (nSPS) is 21.8. The maximum absolute atomic E-state index is 14.6. The lowest BCUT2D eigenvalue weighted by atomic mass is 9.93. The molecule has 2 heterocycles. The summed E-state index contributed by atoms with van der Waals surface area (Å²) in [5.41, 5.74) is 2.00. The fourth-order valence-electron chi connectivity index (χ4n) is 3.92. The number of carbonyl (C=O) groups is 2. The van der Waals surface area contributed by atoms with Crippen molar-refractivity contribution in [3.63, 3.8) is 0 Å². The largest absolute Gasteiger partial charge is 0.468 e. The van der Waals surface area contributed by atoms with Crippen LogP contribution in [0.5, 0.6) is 0 Å². The Bertz CT molecular complexity index is 1000. The molecule has 7 nitrogen and oxygen atoms in total. The number of Topliss-reactive ketones (excluding diaryl/α,β-unsaturated/α-hetero) is 1. The summed E-state index contributed by atoms with van der Waals surface area (Å²) in [4.78, 5) is 26.6. The van der Waals surface area contributed by atoms with Crippen molar-refractivity contribution in [1.29, 1.82) is 0 Å². The highest BCUT2D eigenvalue weighted by molar-refractivity contribution is 7.81. The number of likely N-dealkylation sites (tertiary alicyclic amines) is 1.